The van der Waals surface area contributed by atoms with Crippen molar-refractivity contribution in [3.63, 3.8) is 0 Å². The molecular weight excluding hydrogens is 256 g/mol. The minimum atomic E-state index is 0.00278. The first kappa shape index (κ1) is 13.5. The van der Waals surface area contributed by atoms with Crippen LogP contribution < -0.4 is 5.32 Å². The molecule has 3 nitrogen and oxygen atoms in total. The SMILES string of the molecule is CCNc1nc(C)c(C(=O)/C=C/c2ccccc2)s1. The van der Waals surface area contributed by atoms with Gasteiger partial charge < -0.3 is 5.32 Å². The monoisotopic (exact) mass is 272 g/mol. The van der Waals surface area contributed by atoms with Gasteiger partial charge in [-0.2, -0.15) is 0 Å². The van der Waals surface area contributed by atoms with Crippen LogP contribution in [0.3, 0.4) is 0 Å². The number of nitrogens with one attached hydrogen (secondary N) is 1. The van der Waals surface area contributed by atoms with Gasteiger partial charge in [0, 0.05) is 6.54 Å². The zero-order valence-electron chi connectivity index (χ0n) is 11.0. The van der Waals surface area contributed by atoms with Crippen LogP contribution in [0.5, 0.6) is 0 Å². The number of aryl methyl sites for hydroxylation is 1. The number of ketones is 1. The fourth-order valence-electron chi connectivity index (χ4n) is 1.66. The van der Waals surface area contributed by atoms with E-state index in [-0.39, 0.29) is 5.78 Å². The zero-order valence-corrected chi connectivity index (χ0v) is 11.8. The number of anilines is 1. The van der Waals surface area contributed by atoms with E-state index in [1.165, 1.54) is 11.3 Å². The van der Waals surface area contributed by atoms with Gasteiger partial charge in [-0.05, 0) is 25.5 Å². The predicted molar refractivity (Wildman–Crippen MR) is 80.8 cm³/mol. The van der Waals surface area contributed by atoms with Crippen molar-refractivity contribution in [1.82, 2.24) is 4.98 Å². The minimum absolute atomic E-state index is 0.00278. The second kappa shape index (κ2) is 6.29. The molecule has 0 aliphatic heterocycles. The molecular formula is C15H16N2OS. The summed E-state index contributed by atoms with van der Waals surface area (Å²) in [4.78, 5) is 17.1. The lowest BCUT2D eigenvalue weighted by molar-refractivity contribution is 0.105. The van der Waals surface area contributed by atoms with Crippen molar-refractivity contribution in [2.75, 3.05) is 11.9 Å². The third-order valence-electron chi connectivity index (χ3n) is 2.58. The quantitative estimate of drug-likeness (QED) is 0.665. The van der Waals surface area contributed by atoms with Crippen LogP contribution in [0.15, 0.2) is 36.4 Å². The van der Waals surface area contributed by atoms with Gasteiger partial charge in [-0.15, -0.1) is 0 Å². The van der Waals surface area contributed by atoms with Crippen molar-refractivity contribution in [1.29, 1.82) is 0 Å². The summed E-state index contributed by atoms with van der Waals surface area (Å²) in [7, 11) is 0. The molecule has 2 rings (SSSR count). The average molecular weight is 272 g/mol. The minimum Gasteiger partial charge on any atom is -0.362 e. The van der Waals surface area contributed by atoms with Gasteiger partial charge >= 0.3 is 0 Å². The highest BCUT2D eigenvalue weighted by molar-refractivity contribution is 7.17. The first-order chi connectivity index (χ1) is 9.20. The number of carbonyl (C=O) groups excluding carboxylic acids is 1. The van der Waals surface area contributed by atoms with Crippen LogP contribution in [0, 0.1) is 6.92 Å². The maximum atomic E-state index is 12.1. The molecule has 1 aromatic carbocycles. The Morgan fingerprint density at radius 2 is 2.11 bits per heavy atom. The summed E-state index contributed by atoms with van der Waals surface area (Å²) in [5, 5.41) is 3.93. The highest BCUT2D eigenvalue weighted by atomic mass is 32.1. The maximum Gasteiger partial charge on any atom is 0.197 e. The van der Waals surface area contributed by atoms with Gasteiger partial charge in [0.2, 0.25) is 0 Å². The predicted octanol–water partition coefficient (Wildman–Crippen LogP) is 3.78. The molecule has 4 heteroatoms. The van der Waals surface area contributed by atoms with E-state index in [1.54, 1.807) is 6.08 Å². The molecule has 0 amide bonds. The largest absolute Gasteiger partial charge is 0.362 e. The molecule has 2 aromatic rings. The van der Waals surface area contributed by atoms with Crippen molar-refractivity contribution in [3.05, 3.63) is 52.5 Å². The topological polar surface area (TPSA) is 42.0 Å². The Bertz CT molecular complexity index is 587. The van der Waals surface area contributed by atoms with E-state index in [1.807, 2.05) is 50.3 Å². The summed E-state index contributed by atoms with van der Waals surface area (Å²) in [6.07, 6.45) is 3.43. The van der Waals surface area contributed by atoms with E-state index in [0.717, 1.165) is 22.9 Å². The number of hydrogen-bond donors (Lipinski definition) is 1. The number of benzene rings is 1. The third kappa shape index (κ3) is 3.51. The lowest BCUT2D eigenvalue weighted by Gasteiger charge is -1.93. The average Bonchev–Trinajstić information content (AvgIpc) is 2.79. The van der Waals surface area contributed by atoms with Gasteiger partial charge in [-0.3, -0.25) is 4.79 Å². The van der Waals surface area contributed by atoms with Crippen LogP contribution in [-0.2, 0) is 0 Å². The van der Waals surface area contributed by atoms with E-state index >= 15 is 0 Å². The molecule has 0 saturated carbocycles. The highest BCUT2D eigenvalue weighted by Gasteiger charge is 2.12. The van der Waals surface area contributed by atoms with Crippen molar-refractivity contribution in [3.8, 4) is 0 Å². The summed E-state index contributed by atoms with van der Waals surface area (Å²) < 4.78 is 0. The van der Waals surface area contributed by atoms with Gasteiger partial charge in [-0.25, -0.2) is 4.98 Å². The number of thiazole rings is 1. The third-order valence-corrected chi connectivity index (χ3v) is 3.70. The van der Waals surface area contributed by atoms with E-state index in [0.29, 0.717) is 4.88 Å². The van der Waals surface area contributed by atoms with Gasteiger partial charge in [0.25, 0.3) is 0 Å². The normalized spacial score (nSPS) is 10.8. The standard InChI is InChI=1S/C15H16N2OS/c1-3-16-15-17-11(2)14(19-15)13(18)10-9-12-7-5-4-6-8-12/h4-10H,3H2,1-2H3,(H,16,17)/b10-9+. The Morgan fingerprint density at radius 1 is 1.37 bits per heavy atom. The molecule has 0 spiro atoms. The van der Waals surface area contributed by atoms with Crippen LogP contribution in [0.4, 0.5) is 5.13 Å². The van der Waals surface area contributed by atoms with Gasteiger partial charge in [0.05, 0.1) is 10.6 Å². The molecule has 0 unspecified atom stereocenters. The molecule has 1 heterocycles. The van der Waals surface area contributed by atoms with Crippen LogP contribution in [0.2, 0.25) is 0 Å². The van der Waals surface area contributed by atoms with Gasteiger partial charge in [0.1, 0.15) is 0 Å². The molecule has 0 radical (unpaired) electrons. The van der Waals surface area contributed by atoms with Gasteiger partial charge in [-0.1, -0.05) is 47.7 Å². The first-order valence-corrected chi connectivity index (χ1v) is 7.01. The van der Waals surface area contributed by atoms with Crippen molar-refractivity contribution in [2.45, 2.75) is 13.8 Å². The second-order valence-corrected chi connectivity index (χ2v) is 5.07. The number of carbonyl (C=O) groups is 1. The maximum absolute atomic E-state index is 12.1. The summed E-state index contributed by atoms with van der Waals surface area (Å²) in [5.74, 6) is 0.00278. The number of aromatic nitrogens is 1. The summed E-state index contributed by atoms with van der Waals surface area (Å²) in [5.41, 5.74) is 1.80. The van der Waals surface area contributed by atoms with E-state index < -0.39 is 0 Å². The lowest BCUT2D eigenvalue weighted by Crippen LogP contribution is -1.94. The number of nitrogens with zero attached hydrogens (tertiary/aromatic N) is 1. The molecule has 0 atom stereocenters. The molecule has 1 N–H and O–H groups in total. The molecule has 0 saturated heterocycles. The number of allylic oxidation sites excluding steroid dienone is 1. The molecule has 1 aromatic heterocycles. The fraction of sp³-hybridized carbons (Fsp3) is 0.200. The van der Waals surface area contributed by atoms with E-state index in [4.69, 9.17) is 0 Å². The Kier molecular flexibility index (Phi) is 4.47. The molecule has 0 fully saturated rings. The number of hydrogen-bond acceptors (Lipinski definition) is 4. The van der Waals surface area contributed by atoms with Crippen LogP contribution in [0.25, 0.3) is 6.08 Å². The fourth-order valence-corrected chi connectivity index (χ4v) is 2.62. The zero-order chi connectivity index (χ0) is 13.7. The van der Waals surface area contributed by atoms with Crippen LogP contribution in [0.1, 0.15) is 27.9 Å². The van der Waals surface area contributed by atoms with E-state index in [2.05, 4.69) is 10.3 Å². The molecule has 0 aliphatic rings. The van der Waals surface area contributed by atoms with Crippen LogP contribution >= 0.6 is 11.3 Å². The highest BCUT2D eigenvalue weighted by Crippen LogP contribution is 2.23. The Balaban J connectivity index is 2.14. The second-order valence-electron chi connectivity index (χ2n) is 4.07. The number of rotatable bonds is 5. The summed E-state index contributed by atoms with van der Waals surface area (Å²) in [6.45, 7) is 4.68. The lowest BCUT2D eigenvalue weighted by atomic mass is 10.2. The van der Waals surface area contributed by atoms with Crippen molar-refractivity contribution in [2.24, 2.45) is 0 Å². The van der Waals surface area contributed by atoms with Crippen molar-refractivity contribution < 1.29 is 4.79 Å². The Labute approximate surface area is 117 Å². The first-order valence-electron chi connectivity index (χ1n) is 6.19. The Hall–Kier alpha value is -1.94. The van der Waals surface area contributed by atoms with Gasteiger partial charge in [0.15, 0.2) is 10.9 Å². The van der Waals surface area contributed by atoms with E-state index in [9.17, 15) is 4.79 Å². The summed E-state index contributed by atoms with van der Waals surface area (Å²) >= 11 is 1.40. The summed E-state index contributed by atoms with van der Waals surface area (Å²) in [6, 6.07) is 9.78. The molecule has 98 valence electrons. The molecule has 19 heavy (non-hydrogen) atoms. The molecule has 0 bridgehead atoms. The smallest absolute Gasteiger partial charge is 0.197 e. The van der Waals surface area contributed by atoms with Crippen LogP contribution in [-0.4, -0.2) is 17.3 Å². The molecule has 0 aliphatic carbocycles. The Morgan fingerprint density at radius 3 is 2.79 bits per heavy atom. The van der Waals surface area contributed by atoms with Crippen molar-refractivity contribution >= 4 is 28.3 Å².